The van der Waals surface area contributed by atoms with E-state index in [-0.39, 0.29) is 12.2 Å². The Morgan fingerprint density at radius 1 is 1.26 bits per heavy atom. The minimum absolute atomic E-state index is 0.00461. The van der Waals surface area contributed by atoms with Gasteiger partial charge in [0.05, 0.1) is 24.7 Å². The van der Waals surface area contributed by atoms with Gasteiger partial charge in [-0.3, -0.25) is 10.1 Å². The Hall–Kier alpha value is -1.53. The number of hydrogen-bond donors (Lipinski definition) is 0. The molecule has 0 aliphatic carbocycles. The second-order valence-electron chi connectivity index (χ2n) is 4.03. The second-order valence-corrected chi connectivity index (χ2v) is 4.03. The third kappa shape index (κ3) is 5.32. The number of nitro groups is 1. The molecule has 0 bridgehead atoms. The Balaban J connectivity index is 2.33. The lowest BCUT2D eigenvalue weighted by Crippen LogP contribution is -2.06. The topological polar surface area (TPSA) is 61.6 Å². The van der Waals surface area contributed by atoms with E-state index < -0.39 is 16.4 Å². The van der Waals surface area contributed by atoms with E-state index in [4.69, 9.17) is 9.47 Å². The number of hydrogen-bond acceptors (Lipinski definition) is 4. The zero-order valence-electron chi connectivity index (χ0n) is 10.9. The lowest BCUT2D eigenvalue weighted by Gasteiger charge is -2.06. The lowest BCUT2D eigenvalue weighted by molar-refractivity contribution is -0.387. The van der Waals surface area contributed by atoms with Gasteiger partial charge >= 0.3 is 5.69 Å². The summed E-state index contributed by atoms with van der Waals surface area (Å²) in [6.07, 6.45) is 2.07. The highest BCUT2D eigenvalue weighted by molar-refractivity contribution is 5.36. The molecule has 0 spiro atoms. The van der Waals surface area contributed by atoms with Gasteiger partial charge in [-0.1, -0.05) is 25.5 Å². The SMILES string of the molecule is CCCCOCCOCc1cccc([N+](=O)[O-])c1F. The van der Waals surface area contributed by atoms with Crippen molar-refractivity contribution in [3.8, 4) is 0 Å². The van der Waals surface area contributed by atoms with Gasteiger partial charge in [0.1, 0.15) is 0 Å². The molecule has 0 unspecified atom stereocenters. The Labute approximate surface area is 111 Å². The van der Waals surface area contributed by atoms with Crippen LogP contribution in [0.1, 0.15) is 25.3 Å². The number of nitro benzene ring substituents is 1. The van der Waals surface area contributed by atoms with Gasteiger partial charge < -0.3 is 9.47 Å². The lowest BCUT2D eigenvalue weighted by atomic mass is 10.2. The van der Waals surface area contributed by atoms with Crippen LogP contribution in [0.25, 0.3) is 0 Å². The molecule has 19 heavy (non-hydrogen) atoms. The first-order chi connectivity index (χ1) is 9.16. The van der Waals surface area contributed by atoms with Crippen molar-refractivity contribution in [3.05, 3.63) is 39.7 Å². The Kier molecular flexibility index (Phi) is 6.99. The molecule has 0 saturated heterocycles. The quantitative estimate of drug-likeness (QED) is 0.393. The molecule has 0 radical (unpaired) electrons. The van der Waals surface area contributed by atoms with Crippen LogP contribution in [0.2, 0.25) is 0 Å². The van der Waals surface area contributed by atoms with Crippen LogP contribution < -0.4 is 0 Å². The van der Waals surface area contributed by atoms with Crippen LogP contribution in [0, 0.1) is 15.9 Å². The number of nitrogens with zero attached hydrogens (tertiary/aromatic N) is 1. The number of rotatable bonds is 9. The summed E-state index contributed by atoms with van der Waals surface area (Å²) in [5.74, 6) is -0.834. The first-order valence-electron chi connectivity index (χ1n) is 6.24. The molecule has 6 heteroatoms. The first kappa shape index (κ1) is 15.5. The summed E-state index contributed by atoms with van der Waals surface area (Å²) >= 11 is 0. The summed E-state index contributed by atoms with van der Waals surface area (Å²) in [7, 11) is 0. The minimum Gasteiger partial charge on any atom is -0.379 e. The van der Waals surface area contributed by atoms with Gasteiger partial charge in [0, 0.05) is 18.2 Å². The fourth-order valence-corrected chi connectivity index (χ4v) is 1.47. The summed E-state index contributed by atoms with van der Waals surface area (Å²) in [5.41, 5.74) is -0.344. The van der Waals surface area contributed by atoms with Gasteiger partial charge in [0.15, 0.2) is 0 Å². The molecule has 1 rings (SSSR count). The zero-order valence-corrected chi connectivity index (χ0v) is 10.9. The maximum absolute atomic E-state index is 13.6. The zero-order chi connectivity index (χ0) is 14.1. The van der Waals surface area contributed by atoms with E-state index in [1.54, 1.807) is 0 Å². The molecule has 0 aliphatic heterocycles. The maximum atomic E-state index is 13.6. The molecular weight excluding hydrogens is 253 g/mol. The molecule has 5 nitrogen and oxygen atoms in total. The van der Waals surface area contributed by atoms with Crippen molar-refractivity contribution in [1.29, 1.82) is 0 Å². The van der Waals surface area contributed by atoms with Crippen molar-refractivity contribution in [2.75, 3.05) is 19.8 Å². The Morgan fingerprint density at radius 2 is 2.00 bits per heavy atom. The van der Waals surface area contributed by atoms with Crippen molar-refractivity contribution in [2.45, 2.75) is 26.4 Å². The molecule has 0 amide bonds. The maximum Gasteiger partial charge on any atom is 0.305 e. The molecule has 0 fully saturated rings. The normalized spacial score (nSPS) is 10.6. The summed E-state index contributed by atoms with van der Waals surface area (Å²) < 4.78 is 24.2. The van der Waals surface area contributed by atoms with Gasteiger partial charge in [-0.25, -0.2) is 0 Å². The van der Waals surface area contributed by atoms with Crippen LogP contribution in [0.4, 0.5) is 10.1 Å². The fraction of sp³-hybridized carbons (Fsp3) is 0.538. The van der Waals surface area contributed by atoms with Gasteiger partial charge in [0.25, 0.3) is 0 Å². The van der Waals surface area contributed by atoms with Gasteiger partial charge in [-0.05, 0) is 6.42 Å². The van der Waals surface area contributed by atoms with Crippen molar-refractivity contribution in [1.82, 2.24) is 0 Å². The standard InChI is InChI=1S/C13H18FNO4/c1-2-3-7-18-8-9-19-10-11-5-4-6-12(13(11)14)15(16)17/h4-6H,2-3,7-10H2,1H3. The molecule has 0 heterocycles. The highest BCUT2D eigenvalue weighted by Gasteiger charge is 2.16. The summed E-state index contributed by atoms with van der Waals surface area (Å²) in [4.78, 5) is 9.81. The average molecular weight is 271 g/mol. The highest BCUT2D eigenvalue weighted by Crippen LogP contribution is 2.20. The van der Waals surface area contributed by atoms with Crippen molar-refractivity contribution in [2.24, 2.45) is 0 Å². The average Bonchev–Trinajstić information content (AvgIpc) is 2.39. The van der Waals surface area contributed by atoms with E-state index in [0.29, 0.717) is 19.8 Å². The first-order valence-corrected chi connectivity index (χ1v) is 6.24. The van der Waals surface area contributed by atoms with Crippen LogP contribution >= 0.6 is 0 Å². The molecule has 0 N–H and O–H groups in total. The predicted molar refractivity (Wildman–Crippen MR) is 68.4 cm³/mol. The van der Waals surface area contributed by atoms with Crippen LogP contribution in [-0.4, -0.2) is 24.7 Å². The van der Waals surface area contributed by atoms with E-state index >= 15 is 0 Å². The molecule has 0 atom stereocenters. The Morgan fingerprint density at radius 3 is 2.68 bits per heavy atom. The highest BCUT2D eigenvalue weighted by atomic mass is 19.1. The van der Waals surface area contributed by atoms with Gasteiger partial charge in [-0.15, -0.1) is 0 Å². The van der Waals surface area contributed by atoms with E-state index in [1.807, 2.05) is 0 Å². The molecular formula is C13H18FNO4. The van der Waals surface area contributed by atoms with E-state index in [0.717, 1.165) is 18.9 Å². The molecule has 0 saturated carbocycles. The molecule has 106 valence electrons. The van der Waals surface area contributed by atoms with Gasteiger partial charge in [0.2, 0.25) is 5.82 Å². The van der Waals surface area contributed by atoms with Gasteiger partial charge in [-0.2, -0.15) is 4.39 Å². The van der Waals surface area contributed by atoms with Crippen LogP contribution in [-0.2, 0) is 16.1 Å². The third-order valence-electron chi connectivity index (χ3n) is 2.53. The van der Waals surface area contributed by atoms with Crippen LogP contribution in [0.5, 0.6) is 0 Å². The number of unbranched alkanes of at least 4 members (excludes halogenated alkanes) is 1. The van der Waals surface area contributed by atoms with Crippen molar-refractivity contribution >= 4 is 5.69 Å². The summed E-state index contributed by atoms with van der Waals surface area (Å²) in [6, 6.07) is 4.05. The molecule has 0 aliphatic rings. The van der Waals surface area contributed by atoms with E-state index in [9.17, 15) is 14.5 Å². The number of benzene rings is 1. The smallest absolute Gasteiger partial charge is 0.305 e. The molecule has 1 aromatic rings. The van der Waals surface area contributed by atoms with Crippen molar-refractivity contribution < 1.29 is 18.8 Å². The summed E-state index contributed by atoms with van der Waals surface area (Å²) in [6.45, 7) is 3.54. The minimum atomic E-state index is -0.834. The fourth-order valence-electron chi connectivity index (χ4n) is 1.47. The largest absolute Gasteiger partial charge is 0.379 e. The second kappa shape index (κ2) is 8.55. The molecule has 1 aromatic carbocycles. The van der Waals surface area contributed by atoms with E-state index in [2.05, 4.69) is 6.92 Å². The number of ether oxygens (including phenoxy) is 2. The van der Waals surface area contributed by atoms with E-state index in [1.165, 1.54) is 12.1 Å². The van der Waals surface area contributed by atoms with Crippen LogP contribution in [0.15, 0.2) is 18.2 Å². The van der Waals surface area contributed by atoms with Crippen molar-refractivity contribution in [3.63, 3.8) is 0 Å². The third-order valence-corrected chi connectivity index (χ3v) is 2.53. The monoisotopic (exact) mass is 271 g/mol. The number of halogens is 1. The molecule has 0 aromatic heterocycles. The predicted octanol–water partition coefficient (Wildman–Crippen LogP) is 3.07. The van der Waals surface area contributed by atoms with Crippen LogP contribution in [0.3, 0.4) is 0 Å². The summed E-state index contributed by atoms with van der Waals surface area (Å²) in [5, 5.41) is 10.6. The Bertz CT molecular complexity index is 412.